The summed E-state index contributed by atoms with van der Waals surface area (Å²) in [4.78, 5) is 4.16. The lowest BCUT2D eigenvalue weighted by atomic mass is 10.2. The van der Waals surface area contributed by atoms with Crippen molar-refractivity contribution < 1.29 is 0 Å². The highest BCUT2D eigenvalue weighted by Crippen LogP contribution is 2.21. The van der Waals surface area contributed by atoms with Crippen molar-refractivity contribution in [1.82, 2.24) is 19.3 Å². The van der Waals surface area contributed by atoms with Gasteiger partial charge in [0.05, 0.1) is 6.54 Å². The first-order chi connectivity index (χ1) is 10.3. The molecular formula is C15H13ClN4S. The number of hydrogen-bond donors (Lipinski definition) is 0. The standard InChI is InChI=1S/C15H13ClN4S/c16-8-10-19-15(21)20(13-6-2-1-3-7-13)14(18-19)12-5-4-9-17-11-12/h1-7,9,11H,8,10H2. The van der Waals surface area contributed by atoms with Crippen molar-refractivity contribution in [2.24, 2.45) is 0 Å². The summed E-state index contributed by atoms with van der Waals surface area (Å²) in [6.07, 6.45) is 3.52. The number of halogens is 1. The van der Waals surface area contributed by atoms with Gasteiger partial charge in [0.15, 0.2) is 5.82 Å². The van der Waals surface area contributed by atoms with E-state index >= 15 is 0 Å². The highest BCUT2D eigenvalue weighted by Gasteiger charge is 2.14. The number of pyridine rings is 1. The Kier molecular flexibility index (Phi) is 4.13. The van der Waals surface area contributed by atoms with Crippen LogP contribution in [0.4, 0.5) is 0 Å². The number of nitrogens with zero attached hydrogens (tertiary/aromatic N) is 4. The molecule has 2 heterocycles. The van der Waals surface area contributed by atoms with E-state index in [0.29, 0.717) is 17.2 Å². The van der Waals surface area contributed by atoms with Gasteiger partial charge in [-0.1, -0.05) is 18.2 Å². The zero-order chi connectivity index (χ0) is 14.7. The lowest BCUT2D eigenvalue weighted by molar-refractivity contribution is 0.651. The van der Waals surface area contributed by atoms with Crippen LogP contribution in [-0.2, 0) is 6.54 Å². The molecule has 0 spiro atoms. The molecule has 0 unspecified atom stereocenters. The van der Waals surface area contributed by atoms with Gasteiger partial charge in [0, 0.05) is 29.5 Å². The molecule has 106 valence electrons. The predicted octanol–water partition coefficient (Wildman–Crippen LogP) is 3.70. The topological polar surface area (TPSA) is 35.6 Å². The zero-order valence-electron chi connectivity index (χ0n) is 11.2. The fraction of sp³-hybridized carbons (Fsp3) is 0.133. The fourth-order valence-corrected chi connectivity index (χ4v) is 2.61. The van der Waals surface area contributed by atoms with Gasteiger partial charge in [-0.15, -0.1) is 11.6 Å². The van der Waals surface area contributed by atoms with Crippen molar-refractivity contribution in [2.45, 2.75) is 6.54 Å². The number of aryl methyl sites for hydroxylation is 1. The second kappa shape index (κ2) is 6.20. The van der Waals surface area contributed by atoms with Crippen molar-refractivity contribution in [3.05, 3.63) is 59.6 Å². The summed E-state index contributed by atoms with van der Waals surface area (Å²) in [6.45, 7) is 0.577. The van der Waals surface area contributed by atoms with Gasteiger partial charge >= 0.3 is 0 Å². The minimum atomic E-state index is 0.465. The molecule has 0 atom stereocenters. The predicted molar refractivity (Wildman–Crippen MR) is 86.3 cm³/mol. The molecule has 2 aromatic heterocycles. The van der Waals surface area contributed by atoms with Crippen LogP contribution in [0, 0.1) is 4.77 Å². The van der Waals surface area contributed by atoms with Gasteiger partial charge in [-0.25, -0.2) is 4.68 Å². The summed E-state index contributed by atoms with van der Waals surface area (Å²) >= 11 is 11.4. The summed E-state index contributed by atoms with van der Waals surface area (Å²) in [7, 11) is 0. The number of para-hydroxylation sites is 1. The van der Waals surface area contributed by atoms with Crippen LogP contribution in [0.3, 0.4) is 0 Å². The smallest absolute Gasteiger partial charge is 0.202 e. The lowest BCUT2D eigenvalue weighted by Crippen LogP contribution is -2.02. The van der Waals surface area contributed by atoms with E-state index in [1.807, 2.05) is 47.0 Å². The van der Waals surface area contributed by atoms with Gasteiger partial charge in [0.2, 0.25) is 4.77 Å². The average molecular weight is 317 g/mol. The largest absolute Gasteiger partial charge is 0.268 e. The number of benzene rings is 1. The van der Waals surface area contributed by atoms with Crippen molar-refractivity contribution in [3.8, 4) is 17.1 Å². The molecule has 21 heavy (non-hydrogen) atoms. The molecule has 0 bridgehead atoms. The SMILES string of the molecule is S=c1n(CCCl)nc(-c2cccnc2)n1-c1ccccc1. The Morgan fingerprint density at radius 2 is 1.90 bits per heavy atom. The number of rotatable bonds is 4. The zero-order valence-corrected chi connectivity index (χ0v) is 12.8. The Balaban J connectivity index is 2.24. The highest BCUT2D eigenvalue weighted by atomic mass is 35.5. The first kappa shape index (κ1) is 14.0. The Hall–Kier alpha value is -1.98. The third-order valence-corrected chi connectivity index (χ3v) is 3.63. The first-order valence-corrected chi connectivity index (χ1v) is 7.47. The molecule has 3 aromatic rings. The Morgan fingerprint density at radius 1 is 1.10 bits per heavy atom. The van der Waals surface area contributed by atoms with E-state index in [4.69, 9.17) is 23.8 Å². The molecule has 0 aliphatic rings. The fourth-order valence-electron chi connectivity index (χ4n) is 2.13. The number of hydrogen-bond acceptors (Lipinski definition) is 3. The number of alkyl halides is 1. The maximum atomic E-state index is 5.83. The lowest BCUT2D eigenvalue weighted by Gasteiger charge is -2.06. The van der Waals surface area contributed by atoms with Crippen LogP contribution in [0.15, 0.2) is 54.9 Å². The molecular weight excluding hydrogens is 304 g/mol. The van der Waals surface area contributed by atoms with E-state index < -0.39 is 0 Å². The second-order valence-corrected chi connectivity index (χ2v) is 5.17. The van der Waals surface area contributed by atoms with Crippen LogP contribution in [0.5, 0.6) is 0 Å². The molecule has 0 saturated heterocycles. The van der Waals surface area contributed by atoms with Crippen LogP contribution < -0.4 is 0 Å². The van der Waals surface area contributed by atoms with E-state index in [-0.39, 0.29) is 0 Å². The van der Waals surface area contributed by atoms with Crippen molar-refractivity contribution in [2.75, 3.05) is 5.88 Å². The van der Waals surface area contributed by atoms with E-state index in [2.05, 4.69) is 10.1 Å². The molecule has 0 amide bonds. The summed E-state index contributed by atoms with van der Waals surface area (Å²) in [6, 6.07) is 13.8. The van der Waals surface area contributed by atoms with Gasteiger partial charge in [0.25, 0.3) is 0 Å². The Morgan fingerprint density at radius 3 is 2.57 bits per heavy atom. The minimum absolute atomic E-state index is 0.465. The molecule has 0 fully saturated rings. The normalized spacial score (nSPS) is 10.7. The van der Waals surface area contributed by atoms with Crippen LogP contribution in [0.2, 0.25) is 0 Å². The number of aromatic nitrogens is 4. The molecule has 6 heteroatoms. The van der Waals surface area contributed by atoms with Crippen LogP contribution in [0.1, 0.15) is 0 Å². The molecule has 0 saturated carbocycles. The maximum absolute atomic E-state index is 5.83. The molecule has 0 N–H and O–H groups in total. The van der Waals surface area contributed by atoms with Gasteiger partial charge in [0.1, 0.15) is 0 Å². The molecule has 4 nitrogen and oxygen atoms in total. The summed E-state index contributed by atoms with van der Waals surface area (Å²) in [5.74, 6) is 1.23. The second-order valence-electron chi connectivity index (χ2n) is 4.43. The average Bonchev–Trinajstić information content (AvgIpc) is 2.86. The van der Waals surface area contributed by atoms with Gasteiger partial charge in [-0.2, -0.15) is 5.10 Å². The maximum Gasteiger partial charge on any atom is 0.202 e. The van der Waals surface area contributed by atoms with Gasteiger partial charge < -0.3 is 0 Å². The molecule has 0 radical (unpaired) electrons. The van der Waals surface area contributed by atoms with Crippen LogP contribution in [-0.4, -0.2) is 25.2 Å². The van der Waals surface area contributed by atoms with Crippen LogP contribution >= 0.6 is 23.8 Å². The summed E-state index contributed by atoms with van der Waals surface area (Å²) < 4.78 is 4.32. The summed E-state index contributed by atoms with van der Waals surface area (Å²) in [5, 5.41) is 4.60. The third kappa shape index (κ3) is 2.75. The first-order valence-electron chi connectivity index (χ1n) is 6.53. The Bertz CT molecular complexity index is 780. The van der Waals surface area contributed by atoms with Crippen LogP contribution in [0.25, 0.3) is 17.1 Å². The minimum Gasteiger partial charge on any atom is -0.268 e. The summed E-state index contributed by atoms with van der Waals surface area (Å²) in [5.41, 5.74) is 1.89. The van der Waals surface area contributed by atoms with Gasteiger partial charge in [-0.05, 0) is 36.5 Å². The van der Waals surface area contributed by atoms with Crippen molar-refractivity contribution >= 4 is 23.8 Å². The third-order valence-electron chi connectivity index (χ3n) is 3.07. The molecule has 3 rings (SSSR count). The monoisotopic (exact) mass is 316 g/mol. The molecule has 0 aliphatic heterocycles. The van der Waals surface area contributed by atoms with E-state index in [1.54, 1.807) is 17.1 Å². The van der Waals surface area contributed by atoms with E-state index in [1.165, 1.54) is 0 Å². The Labute approximate surface area is 132 Å². The van der Waals surface area contributed by atoms with Crippen molar-refractivity contribution in [1.29, 1.82) is 0 Å². The van der Waals surface area contributed by atoms with Crippen molar-refractivity contribution in [3.63, 3.8) is 0 Å². The van der Waals surface area contributed by atoms with E-state index in [0.717, 1.165) is 17.1 Å². The quantitative estimate of drug-likeness (QED) is 0.544. The van der Waals surface area contributed by atoms with E-state index in [9.17, 15) is 0 Å². The molecule has 0 aliphatic carbocycles. The highest BCUT2D eigenvalue weighted by molar-refractivity contribution is 7.71. The molecule has 1 aromatic carbocycles. The van der Waals surface area contributed by atoms with Gasteiger partial charge in [-0.3, -0.25) is 9.55 Å².